The molecule has 3 rings (SSSR count). The topological polar surface area (TPSA) is 85.9 Å². The van der Waals surface area contributed by atoms with Crippen molar-refractivity contribution in [2.45, 2.75) is 13.0 Å². The summed E-state index contributed by atoms with van der Waals surface area (Å²) in [6.07, 6.45) is 0.961. The summed E-state index contributed by atoms with van der Waals surface area (Å²) in [5, 5.41) is 8.74. The van der Waals surface area contributed by atoms with Gasteiger partial charge in [-0.15, -0.1) is 0 Å². The lowest BCUT2D eigenvalue weighted by Crippen LogP contribution is -2.04. The Kier molecular flexibility index (Phi) is 5.94. The largest absolute Gasteiger partial charge is 0.483 e. The van der Waals surface area contributed by atoms with Crippen LogP contribution in [0, 0.1) is 18.2 Å². The van der Waals surface area contributed by atoms with Gasteiger partial charge < -0.3 is 14.6 Å². The van der Waals surface area contributed by atoms with E-state index in [4.69, 9.17) is 21.2 Å². The summed E-state index contributed by atoms with van der Waals surface area (Å²) in [6.45, 7) is 6.70. The predicted molar refractivity (Wildman–Crippen MR) is 96.8 cm³/mol. The summed E-state index contributed by atoms with van der Waals surface area (Å²) in [7, 11) is 0. The van der Waals surface area contributed by atoms with E-state index in [0.717, 1.165) is 12.1 Å². The van der Waals surface area contributed by atoms with Gasteiger partial charge in [0.15, 0.2) is 23.1 Å². The maximum Gasteiger partial charge on any atom is 0.307 e. The first-order chi connectivity index (χ1) is 13.9. The Balaban J connectivity index is 1.67. The molecule has 7 nitrogen and oxygen atoms in total. The van der Waals surface area contributed by atoms with Crippen LogP contribution in [0.2, 0.25) is 0 Å². The highest BCUT2D eigenvalue weighted by molar-refractivity contribution is 5.70. The van der Waals surface area contributed by atoms with Gasteiger partial charge in [0, 0.05) is 18.3 Å². The first-order valence-electron chi connectivity index (χ1n) is 8.24. The van der Waals surface area contributed by atoms with E-state index >= 15 is 0 Å². The summed E-state index contributed by atoms with van der Waals surface area (Å²) < 4.78 is 38.6. The van der Waals surface area contributed by atoms with Gasteiger partial charge in [-0.05, 0) is 23.8 Å². The number of hydrogen-bond acceptors (Lipinski definition) is 5. The lowest BCUT2D eigenvalue weighted by Gasteiger charge is -2.09. The zero-order chi connectivity index (χ0) is 20.8. The van der Waals surface area contributed by atoms with Crippen LogP contribution < -0.4 is 9.47 Å². The van der Waals surface area contributed by atoms with Crippen molar-refractivity contribution in [2.75, 3.05) is 0 Å². The van der Waals surface area contributed by atoms with Crippen molar-refractivity contribution in [2.24, 2.45) is 0 Å². The molecule has 0 bridgehead atoms. The molecule has 0 aliphatic rings. The van der Waals surface area contributed by atoms with Gasteiger partial charge in [0.1, 0.15) is 18.2 Å². The van der Waals surface area contributed by atoms with Gasteiger partial charge in [0.25, 0.3) is 0 Å². The number of hydrogen-bond donors (Lipinski definition) is 1. The number of benzene rings is 2. The highest BCUT2D eigenvalue weighted by atomic mass is 19.1. The van der Waals surface area contributed by atoms with E-state index in [1.54, 1.807) is 0 Å². The van der Waals surface area contributed by atoms with Gasteiger partial charge in [-0.25, -0.2) is 18.6 Å². The molecule has 0 saturated carbocycles. The van der Waals surface area contributed by atoms with E-state index in [2.05, 4.69) is 14.8 Å². The molecule has 0 aliphatic heterocycles. The molecule has 0 amide bonds. The predicted octanol–water partition coefficient (Wildman–Crippen LogP) is 4.30. The maximum absolute atomic E-state index is 13.9. The maximum atomic E-state index is 13.9. The van der Waals surface area contributed by atoms with Gasteiger partial charge >= 0.3 is 5.97 Å². The van der Waals surface area contributed by atoms with E-state index in [1.807, 2.05) is 0 Å². The number of rotatable bonds is 7. The third kappa shape index (κ3) is 5.23. The molecule has 0 fully saturated rings. The number of aromatic nitrogens is 2. The molecular weight excluding hydrogens is 384 g/mol. The van der Waals surface area contributed by atoms with Crippen LogP contribution in [0.15, 0.2) is 48.7 Å². The Bertz CT molecular complexity index is 1100. The lowest BCUT2D eigenvalue weighted by atomic mass is 10.1. The smallest absolute Gasteiger partial charge is 0.307 e. The fourth-order valence-electron chi connectivity index (χ4n) is 2.34. The molecule has 1 aromatic heterocycles. The molecule has 0 atom stereocenters. The fraction of sp³-hybridized carbons (Fsp3) is 0.100. The zero-order valence-electron chi connectivity index (χ0n) is 14.8. The minimum absolute atomic E-state index is 0.0351. The van der Waals surface area contributed by atoms with Crippen LogP contribution >= 0.6 is 0 Å². The Labute approximate surface area is 164 Å². The highest BCUT2D eigenvalue weighted by Gasteiger charge is 2.10. The first kappa shape index (κ1) is 19.7. The minimum atomic E-state index is -1.14. The summed E-state index contributed by atoms with van der Waals surface area (Å²) in [5.41, 5.74) is 0.191. The second kappa shape index (κ2) is 8.75. The minimum Gasteiger partial charge on any atom is -0.483 e. The van der Waals surface area contributed by atoms with E-state index in [9.17, 15) is 13.6 Å². The molecule has 1 heterocycles. The van der Waals surface area contributed by atoms with Crippen LogP contribution in [0.3, 0.4) is 0 Å². The van der Waals surface area contributed by atoms with E-state index in [1.165, 1.54) is 36.5 Å². The van der Waals surface area contributed by atoms with Crippen molar-refractivity contribution in [3.05, 3.63) is 83.1 Å². The number of aliphatic carboxylic acids is 1. The molecule has 0 saturated heterocycles. The Morgan fingerprint density at radius 1 is 1.14 bits per heavy atom. The van der Waals surface area contributed by atoms with Crippen molar-refractivity contribution >= 4 is 11.7 Å². The number of halogens is 2. The van der Waals surface area contributed by atoms with Crippen molar-refractivity contribution in [3.8, 4) is 17.4 Å². The SMILES string of the molecule is [C-]#[N+]c1ccc(OCc2nccc(Oc3ccc(CC(=O)O)c(F)c3)n2)c(F)c1. The monoisotopic (exact) mass is 397 g/mol. The van der Waals surface area contributed by atoms with E-state index < -0.39 is 24.0 Å². The number of carboxylic acid groups (broad SMARTS) is 1. The Morgan fingerprint density at radius 2 is 1.97 bits per heavy atom. The van der Waals surface area contributed by atoms with Gasteiger partial charge in [0.05, 0.1) is 13.0 Å². The molecule has 0 unspecified atom stereocenters. The van der Waals surface area contributed by atoms with Crippen LogP contribution in [-0.4, -0.2) is 21.0 Å². The normalized spacial score (nSPS) is 10.2. The average molecular weight is 397 g/mol. The molecule has 29 heavy (non-hydrogen) atoms. The lowest BCUT2D eigenvalue weighted by molar-refractivity contribution is -0.136. The zero-order valence-corrected chi connectivity index (χ0v) is 14.8. The van der Waals surface area contributed by atoms with Crippen LogP contribution in [0.25, 0.3) is 4.85 Å². The number of carbonyl (C=O) groups is 1. The van der Waals surface area contributed by atoms with E-state index in [0.29, 0.717) is 0 Å². The van der Waals surface area contributed by atoms with Crippen molar-refractivity contribution in [1.29, 1.82) is 0 Å². The van der Waals surface area contributed by atoms with Crippen LogP contribution in [-0.2, 0) is 17.8 Å². The molecule has 3 aromatic rings. The van der Waals surface area contributed by atoms with Crippen LogP contribution in [0.4, 0.5) is 14.5 Å². The quantitative estimate of drug-likeness (QED) is 0.598. The summed E-state index contributed by atoms with van der Waals surface area (Å²) in [4.78, 5) is 21.9. The second-order valence-corrected chi connectivity index (χ2v) is 5.75. The first-order valence-corrected chi connectivity index (χ1v) is 8.24. The molecule has 0 spiro atoms. The molecule has 0 radical (unpaired) electrons. The standard InChI is InChI=1S/C20H13F2N3O4/c1-23-13-3-5-17(16(22)9-13)28-11-18-24-7-6-19(25-18)29-14-4-2-12(8-20(26)27)15(21)10-14/h2-7,9-10H,8,11H2,(H,26,27). The molecule has 1 N–H and O–H groups in total. The molecule has 146 valence electrons. The average Bonchev–Trinajstić information content (AvgIpc) is 2.69. The summed E-state index contributed by atoms with van der Waals surface area (Å²) in [6, 6.07) is 9.07. The Morgan fingerprint density at radius 3 is 2.66 bits per heavy atom. The van der Waals surface area contributed by atoms with Crippen LogP contribution in [0.5, 0.6) is 17.4 Å². The molecule has 0 aliphatic carbocycles. The van der Waals surface area contributed by atoms with Gasteiger partial charge in [-0.2, -0.15) is 4.98 Å². The van der Waals surface area contributed by atoms with Crippen molar-refractivity contribution in [3.63, 3.8) is 0 Å². The van der Waals surface area contributed by atoms with E-state index in [-0.39, 0.29) is 41.1 Å². The fourth-order valence-corrected chi connectivity index (χ4v) is 2.34. The molecular formula is C20H13F2N3O4. The second-order valence-electron chi connectivity index (χ2n) is 5.75. The molecule has 2 aromatic carbocycles. The highest BCUT2D eigenvalue weighted by Crippen LogP contribution is 2.25. The summed E-state index contributed by atoms with van der Waals surface area (Å²) in [5.74, 6) is -2.15. The number of ether oxygens (including phenoxy) is 2. The van der Waals surface area contributed by atoms with Gasteiger partial charge in [0.2, 0.25) is 5.88 Å². The Hall–Kier alpha value is -4.06. The summed E-state index contributed by atoms with van der Waals surface area (Å²) >= 11 is 0. The number of nitrogens with zero attached hydrogens (tertiary/aromatic N) is 3. The van der Waals surface area contributed by atoms with Crippen molar-refractivity contribution < 1.29 is 28.2 Å². The van der Waals surface area contributed by atoms with Gasteiger partial charge in [-0.3, -0.25) is 4.79 Å². The number of carboxylic acids is 1. The molecule has 9 heteroatoms. The van der Waals surface area contributed by atoms with Crippen LogP contribution in [0.1, 0.15) is 11.4 Å². The van der Waals surface area contributed by atoms with Crippen molar-refractivity contribution in [1.82, 2.24) is 9.97 Å². The third-order valence-electron chi connectivity index (χ3n) is 3.67. The third-order valence-corrected chi connectivity index (χ3v) is 3.67. The van der Waals surface area contributed by atoms with Gasteiger partial charge in [-0.1, -0.05) is 12.1 Å².